The van der Waals surface area contributed by atoms with Crippen LogP contribution in [-0.4, -0.2) is 22.3 Å². The van der Waals surface area contributed by atoms with Crippen LogP contribution < -0.4 is 5.43 Å². The third-order valence-corrected chi connectivity index (χ3v) is 5.85. The van der Waals surface area contributed by atoms with Crippen LogP contribution >= 0.6 is 0 Å². The van der Waals surface area contributed by atoms with Crippen molar-refractivity contribution in [1.82, 2.24) is 5.43 Å². The van der Waals surface area contributed by atoms with Crippen LogP contribution in [0, 0.1) is 17.8 Å². The lowest BCUT2D eigenvalue weighted by atomic mass is 9.85. The Balaban J connectivity index is 1.72. The van der Waals surface area contributed by atoms with Gasteiger partial charge in [-0.15, -0.1) is 10.1 Å². The molecule has 1 aromatic carbocycles. The fourth-order valence-corrected chi connectivity index (χ4v) is 4.70. The number of rotatable bonds is 2. The highest BCUT2D eigenvalue weighted by Gasteiger charge is 2.62. The van der Waals surface area contributed by atoms with E-state index in [9.17, 15) is 4.79 Å². The van der Waals surface area contributed by atoms with Crippen LogP contribution in [0.3, 0.4) is 0 Å². The maximum Gasteiger partial charge on any atom is 0.284 e. The Labute approximate surface area is 126 Å². The number of nitrogens with zero attached hydrogens (tertiary/aromatic N) is 1. The molecule has 4 rings (SSSR count). The highest BCUT2D eigenvalue weighted by molar-refractivity contribution is 5.96. The second-order valence-electron chi connectivity index (χ2n) is 6.83. The first-order valence-corrected chi connectivity index (χ1v) is 8.21. The van der Waals surface area contributed by atoms with E-state index in [1.807, 2.05) is 0 Å². The number of hydrazine groups is 1. The van der Waals surface area contributed by atoms with Gasteiger partial charge in [-0.2, -0.15) is 0 Å². The molecule has 2 unspecified atom stereocenters. The minimum atomic E-state index is 0.230. The lowest BCUT2D eigenvalue weighted by Gasteiger charge is -2.17. The molecule has 3 fully saturated rings. The minimum Gasteiger partial charge on any atom is -0.269 e. The molecule has 1 amide bonds. The van der Waals surface area contributed by atoms with Gasteiger partial charge in [-0.05, 0) is 49.3 Å². The van der Waals surface area contributed by atoms with E-state index in [0.717, 1.165) is 6.42 Å². The standard InChI is InChI=1S/C18H22N2O/c1-3-12-4-6-13(7-5-12)11(2)20-17-15-9-8-14(10-15)16(17)18(21)19-20/h4-7,14-17H,3,8-10H2,1-2H3/p+1/b20-11-/t14-,15-,16?,17?/m1/s1. The largest absolute Gasteiger partial charge is 0.284 e. The molecule has 1 heterocycles. The molecule has 3 aliphatic rings. The fourth-order valence-electron chi connectivity index (χ4n) is 4.70. The van der Waals surface area contributed by atoms with Gasteiger partial charge in [0.05, 0.1) is 0 Å². The van der Waals surface area contributed by atoms with Crippen molar-refractivity contribution in [2.45, 2.75) is 45.6 Å². The summed E-state index contributed by atoms with van der Waals surface area (Å²) in [7, 11) is 0. The van der Waals surface area contributed by atoms with Crippen LogP contribution in [0.25, 0.3) is 0 Å². The average Bonchev–Trinajstić information content (AvgIpc) is 3.20. The number of carbonyl (C=O) groups is 1. The molecule has 2 aliphatic carbocycles. The second-order valence-corrected chi connectivity index (χ2v) is 6.83. The molecule has 3 heteroatoms. The Hall–Kier alpha value is -1.64. The van der Waals surface area contributed by atoms with Crippen LogP contribution in [0.4, 0.5) is 0 Å². The summed E-state index contributed by atoms with van der Waals surface area (Å²) in [6.45, 7) is 4.31. The lowest BCUT2D eigenvalue weighted by molar-refractivity contribution is -0.602. The number of aryl methyl sites for hydroxylation is 1. The van der Waals surface area contributed by atoms with Crippen LogP contribution in [0.15, 0.2) is 24.3 Å². The van der Waals surface area contributed by atoms with E-state index in [1.165, 1.54) is 36.1 Å². The molecule has 2 saturated carbocycles. The van der Waals surface area contributed by atoms with E-state index in [-0.39, 0.29) is 11.8 Å². The minimum absolute atomic E-state index is 0.230. The molecule has 1 aliphatic heterocycles. The zero-order valence-corrected chi connectivity index (χ0v) is 12.8. The SMILES string of the molecule is CCc1ccc(/C(C)=[N+]2\NC(=O)C3C2[C@@H]2CC[C@@H]3C2)cc1. The van der Waals surface area contributed by atoms with Crippen molar-refractivity contribution in [3.8, 4) is 0 Å². The molecule has 110 valence electrons. The summed E-state index contributed by atoms with van der Waals surface area (Å²) in [4.78, 5) is 12.3. The number of hydrogen-bond donors (Lipinski definition) is 1. The third-order valence-electron chi connectivity index (χ3n) is 5.85. The van der Waals surface area contributed by atoms with Crippen molar-refractivity contribution in [3.63, 3.8) is 0 Å². The third kappa shape index (κ3) is 1.86. The first-order chi connectivity index (χ1) is 10.2. The van der Waals surface area contributed by atoms with Crippen molar-refractivity contribution in [2.75, 3.05) is 0 Å². The van der Waals surface area contributed by atoms with Gasteiger partial charge in [-0.25, -0.2) is 0 Å². The Morgan fingerprint density at radius 3 is 2.67 bits per heavy atom. The highest BCUT2D eigenvalue weighted by Crippen LogP contribution is 2.51. The summed E-state index contributed by atoms with van der Waals surface area (Å²) in [6.07, 6.45) is 4.85. The van der Waals surface area contributed by atoms with Crippen LogP contribution in [-0.2, 0) is 11.2 Å². The summed E-state index contributed by atoms with van der Waals surface area (Å²) in [6, 6.07) is 9.13. The fraction of sp³-hybridized carbons (Fsp3) is 0.556. The monoisotopic (exact) mass is 283 g/mol. The molecular weight excluding hydrogens is 260 g/mol. The Kier molecular flexibility index (Phi) is 2.91. The van der Waals surface area contributed by atoms with E-state index in [0.29, 0.717) is 17.9 Å². The van der Waals surface area contributed by atoms with Crippen LogP contribution in [0.1, 0.15) is 44.2 Å². The van der Waals surface area contributed by atoms with E-state index in [2.05, 4.69) is 48.2 Å². The van der Waals surface area contributed by atoms with Crippen molar-refractivity contribution in [2.24, 2.45) is 17.8 Å². The molecule has 21 heavy (non-hydrogen) atoms. The maximum atomic E-state index is 12.3. The number of nitrogens with one attached hydrogen (secondary N) is 1. The predicted molar refractivity (Wildman–Crippen MR) is 82.1 cm³/mol. The Morgan fingerprint density at radius 1 is 1.24 bits per heavy atom. The molecule has 1 aromatic rings. The summed E-state index contributed by atoms with van der Waals surface area (Å²) < 4.78 is 2.18. The molecule has 1 saturated heterocycles. The van der Waals surface area contributed by atoms with Gasteiger partial charge in [0.2, 0.25) is 5.71 Å². The topological polar surface area (TPSA) is 32.1 Å². The number of carbonyl (C=O) groups excluding carboxylic acids is 1. The molecule has 0 aromatic heterocycles. The summed E-state index contributed by atoms with van der Waals surface area (Å²) in [5.41, 5.74) is 6.90. The van der Waals surface area contributed by atoms with E-state index >= 15 is 0 Å². The van der Waals surface area contributed by atoms with E-state index in [1.54, 1.807) is 0 Å². The van der Waals surface area contributed by atoms with Crippen molar-refractivity contribution < 1.29 is 9.48 Å². The molecule has 4 atom stereocenters. The molecule has 3 nitrogen and oxygen atoms in total. The quantitative estimate of drug-likeness (QED) is 0.831. The van der Waals surface area contributed by atoms with Gasteiger partial charge in [0, 0.05) is 18.4 Å². The maximum absolute atomic E-state index is 12.3. The van der Waals surface area contributed by atoms with Gasteiger partial charge in [0.15, 0.2) is 6.04 Å². The first-order valence-electron chi connectivity index (χ1n) is 8.21. The number of benzene rings is 1. The van der Waals surface area contributed by atoms with Gasteiger partial charge in [-0.1, -0.05) is 19.1 Å². The number of hydrazone groups is 1. The normalized spacial score (nSPS) is 35.8. The molecule has 2 bridgehead atoms. The molecular formula is C18H23N2O+. The van der Waals surface area contributed by atoms with Crippen molar-refractivity contribution in [3.05, 3.63) is 35.4 Å². The summed E-state index contributed by atoms with van der Waals surface area (Å²) in [5, 5.41) is 0. The highest BCUT2D eigenvalue weighted by atomic mass is 16.2. The number of amides is 1. The smallest absolute Gasteiger partial charge is 0.269 e. The van der Waals surface area contributed by atoms with Gasteiger partial charge in [-0.3, -0.25) is 4.79 Å². The van der Waals surface area contributed by atoms with E-state index < -0.39 is 0 Å². The Morgan fingerprint density at radius 2 is 1.95 bits per heavy atom. The van der Waals surface area contributed by atoms with Gasteiger partial charge in [0.1, 0.15) is 5.92 Å². The van der Waals surface area contributed by atoms with Crippen molar-refractivity contribution >= 4 is 11.6 Å². The van der Waals surface area contributed by atoms with Gasteiger partial charge in [0.25, 0.3) is 5.91 Å². The number of fused-ring (bicyclic) bond motifs is 5. The lowest BCUT2D eigenvalue weighted by Crippen LogP contribution is -2.37. The van der Waals surface area contributed by atoms with E-state index in [4.69, 9.17) is 0 Å². The van der Waals surface area contributed by atoms with Gasteiger partial charge >= 0.3 is 0 Å². The molecule has 0 spiro atoms. The van der Waals surface area contributed by atoms with Crippen LogP contribution in [0.2, 0.25) is 0 Å². The first kappa shape index (κ1) is 13.1. The summed E-state index contributed by atoms with van der Waals surface area (Å²) >= 11 is 0. The zero-order valence-electron chi connectivity index (χ0n) is 12.8. The molecule has 1 N–H and O–H groups in total. The van der Waals surface area contributed by atoms with Crippen LogP contribution in [0.5, 0.6) is 0 Å². The average molecular weight is 283 g/mol. The second kappa shape index (κ2) is 4.69. The summed E-state index contributed by atoms with van der Waals surface area (Å²) in [5.74, 6) is 1.80. The predicted octanol–water partition coefficient (Wildman–Crippen LogP) is 2.53. The van der Waals surface area contributed by atoms with Crippen molar-refractivity contribution in [1.29, 1.82) is 0 Å². The number of hydrogen-bond acceptors (Lipinski definition) is 1. The molecule has 0 radical (unpaired) electrons. The zero-order chi connectivity index (χ0) is 14.6. The Bertz CT molecular complexity index is 617. The van der Waals surface area contributed by atoms with Gasteiger partial charge < -0.3 is 0 Å².